The Kier molecular flexibility index (Phi) is 3.45. The molecule has 2 N–H and O–H groups in total. The molecule has 2 aromatic carbocycles. The van der Waals surface area contributed by atoms with E-state index in [0.29, 0.717) is 5.92 Å². The summed E-state index contributed by atoms with van der Waals surface area (Å²) in [6, 6.07) is 18.3. The molecule has 2 heteroatoms. The molecule has 0 amide bonds. The van der Waals surface area contributed by atoms with E-state index in [4.69, 9.17) is 5.84 Å². The lowest BCUT2D eigenvalue weighted by molar-refractivity contribution is 0.866. The summed E-state index contributed by atoms with van der Waals surface area (Å²) in [6.45, 7) is 4.37. The second-order valence-electron chi connectivity index (χ2n) is 4.45. The van der Waals surface area contributed by atoms with Crippen LogP contribution in [0.3, 0.4) is 0 Å². The largest absolute Gasteiger partial charge is 0.280 e. The molecule has 0 heterocycles. The van der Waals surface area contributed by atoms with Crippen molar-refractivity contribution in [1.82, 2.24) is 0 Å². The lowest BCUT2D eigenvalue weighted by Crippen LogP contribution is -2.24. The van der Waals surface area contributed by atoms with Gasteiger partial charge in [-0.15, -0.1) is 0 Å². The van der Waals surface area contributed by atoms with Crippen molar-refractivity contribution in [1.29, 1.82) is 0 Å². The van der Waals surface area contributed by atoms with Crippen LogP contribution in [0.25, 0.3) is 0 Å². The van der Waals surface area contributed by atoms with Crippen molar-refractivity contribution in [3.63, 3.8) is 0 Å². The van der Waals surface area contributed by atoms with Crippen molar-refractivity contribution >= 4 is 11.4 Å². The predicted molar refractivity (Wildman–Crippen MR) is 73.3 cm³/mol. The van der Waals surface area contributed by atoms with E-state index >= 15 is 0 Å². The fraction of sp³-hybridized carbons (Fsp3) is 0.200. The summed E-state index contributed by atoms with van der Waals surface area (Å²) >= 11 is 0. The van der Waals surface area contributed by atoms with Crippen LogP contribution in [-0.4, -0.2) is 0 Å². The fourth-order valence-electron chi connectivity index (χ4n) is 1.76. The molecule has 0 aliphatic rings. The van der Waals surface area contributed by atoms with E-state index in [2.05, 4.69) is 38.1 Å². The molecule has 0 unspecified atom stereocenters. The Morgan fingerprint density at radius 1 is 0.824 bits per heavy atom. The molecule has 0 aliphatic carbocycles. The van der Waals surface area contributed by atoms with Gasteiger partial charge in [-0.3, -0.25) is 5.01 Å². The van der Waals surface area contributed by atoms with Gasteiger partial charge >= 0.3 is 0 Å². The van der Waals surface area contributed by atoms with Crippen molar-refractivity contribution in [2.24, 2.45) is 5.84 Å². The summed E-state index contributed by atoms with van der Waals surface area (Å²) in [4.78, 5) is 0. The van der Waals surface area contributed by atoms with E-state index in [1.54, 1.807) is 5.01 Å². The van der Waals surface area contributed by atoms with Crippen LogP contribution in [-0.2, 0) is 0 Å². The minimum Gasteiger partial charge on any atom is -0.280 e. The molecule has 0 radical (unpaired) electrons. The van der Waals surface area contributed by atoms with Gasteiger partial charge < -0.3 is 0 Å². The Morgan fingerprint density at radius 3 is 1.88 bits per heavy atom. The summed E-state index contributed by atoms with van der Waals surface area (Å²) in [5.41, 5.74) is 3.32. The molecule has 88 valence electrons. The minimum atomic E-state index is 0.548. The third-order valence-electron chi connectivity index (χ3n) is 2.87. The zero-order valence-corrected chi connectivity index (χ0v) is 10.3. The van der Waals surface area contributed by atoms with Crippen molar-refractivity contribution in [2.75, 3.05) is 5.01 Å². The first kappa shape index (κ1) is 11.7. The summed E-state index contributed by atoms with van der Waals surface area (Å²) in [5, 5.41) is 1.70. The first-order chi connectivity index (χ1) is 8.18. The maximum Gasteiger partial charge on any atom is 0.0575 e. The van der Waals surface area contributed by atoms with E-state index in [-0.39, 0.29) is 0 Å². The normalized spacial score (nSPS) is 10.6. The van der Waals surface area contributed by atoms with Gasteiger partial charge in [0.2, 0.25) is 0 Å². The van der Waals surface area contributed by atoms with Gasteiger partial charge in [0.1, 0.15) is 0 Å². The molecule has 0 spiro atoms. The van der Waals surface area contributed by atoms with Crippen LogP contribution in [0.1, 0.15) is 25.3 Å². The highest BCUT2D eigenvalue weighted by atomic mass is 15.4. The maximum absolute atomic E-state index is 6.08. The zero-order chi connectivity index (χ0) is 12.3. The third-order valence-corrected chi connectivity index (χ3v) is 2.87. The molecule has 0 bridgehead atoms. The number of anilines is 2. The van der Waals surface area contributed by atoms with Crippen molar-refractivity contribution in [3.05, 3.63) is 60.2 Å². The van der Waals surface area contributed by atoms with Crippen LogP contribution in [0.2, 0.25) is 0 Å². The van der Waals surface area contributed by atoms with Gasteiger partial charge in [0, 0.05) is 0 Å². The lowest BCUT2D eigenvalue weighted by atomic mass is 10.0. The summed E-state index contributed by atoms with van der Waals surface area (Å²) in [5.74, 6) is 6.62. The molecule has 0 saturated carbocycles. The van der Waals surface area contributed by atoms with Crippen LogP contribution in [0.15, 0.2) is 54.6 Å². The number of hydrogen-bond donors (Lipinski definition) is 1. The van der Waals surface area contributed by atoms with E-state index < -0.39 is 0 Å². The highest BCUT2D eigenvalue weighted by Crippen LogP contribution is 2.23. The average Bonchev–Trinajstić information content (AvgIpc) is 2.39. The Balaban J connectivity index is 2.23. The maximum atomic E-state index is 6.08. The second kappa shape index (κ2) is 5.02. The van der Waals surface area contributed by atoms with Gasteiger partial charge in [0.15, 0.2) is 0 Å². The zero-order valence-electron chi connectivity index (χ0n) is 10.3. The Hall–Kier alpha value is -1.80. The van der Waals surface area contributed by atoms with Crippen LogP contribution in [0.5, 0.6) is 0 Å². The quantitative estimate of drug-likeness (QED) is 0.636. The number of hydrogen-bond acceptors (Lipinski definition) is 2. The molecule has 2 rings (SSSR count). The number of para-hydroxylation sites is 1. The molecule has 0 aliphatic heterocycles. The SMILES string of the molecule is CC(C)c1ccc(N(N)c2ccccc2)cc1. The molecule has 0 aromatic heterocycles. The Morgan fingerprint density at radius 2 is 1.35 bits per heavy atom. The van der Waals surface area contributed by atoms with Crippen LogP contribution in [0, 0.1) is 0 Å². The summed E-state index contributed by atoms with van der Waals surface area (Å²) in [7, 11) is 0. The van der Waals surface area contributed by atoms with Crippen LogP contribution < -0.4 is 10.9 Å². The highest BCUT2D eigenvalue weighted by molar-refractivity contribution is 5.61. The number of rotatable bonds is 3. The number of nitrogens with two attached hydrogens (primary N) is 1. The molecule has 17 heavy (non-hydrogen) atoms. The third kappa shape index (κ3) is 2.66. The lowest BCUT2D eigenvalue weighted by Gasteiger charge is -2.19. The average molecular weight is 226 g/mol. The molecule has 0 atom stereocenters. The predicted octanol–water partition coefficient (Wildman–Crippen LogP) is 3.82. The van der Waals surface area contributed by atoms with E-state index in [0.717, 1.165) is 11.4 Å². The van der Waals surface area contributed by atoms with E-state index in [1.165, 1.54) is 5.56 Å². The first-order valence-corrected chi connectivity index (χ1v) is 5.88. The van der Waals surface area contributed by atoms with Crippen molar-refractivity contribution < 1.29 is 0 Å². The Labute approximate surface area is 103 Å². The fourth-order valence-corrected chi connectivity index (χ4v) is 1.76. The summed E-state index contributed by atoms with van der Waals surface area (Å²) in [6.07, 6.45) is 0. The second-order valence-corrected chi connectivity index (χ2v) is 4.45. The van der Waals surface area contributed by atoms with Gasteiger partial charge in [0.05, 0.1) is 11.4 Å². The van der Waals surface area contributed by atoms with Crippen molar-refractivity contribution in [3.8, 4) is 0 Å². The van der Waals surface area contributed by atoms with Gasteiger partial charge in [0.25, 0.3) is 0 Å². The molecule has 0 saturated heterocycles. The van der Waals surface area contributed by atoms with Gasteiger partial charge in [-0.05, 0) is 35.7 Å². The first-order valence-electron chi connectivity index (χ1n) is 5.88. The standard InChI is InChI=1S/C15H18N2/c1-12(2)13-8-10-15(11-9-13)17(16)14-6-4-3-5-7-14/h3-12H,16H2,1-2H3. The van der Waals surface area contributed by atoms with Crippen LogP contribution in [0.4, 0.5) is 11.4 Å². The van der Waals surface area contributed by atoms with Gasteiger partial charge in [-0.25, -0.2) is 5.84 Å². The number of nitrogens with zero attached hydrogens (tertiary/aromatic N) is 1. The molecule has 2 aromatic rings. The monoisotopic (exact) mass is 226 g/mol. The molecule has 0 fully saturated rings. The molecular weight excluding hydrogens is 208 g/mol. The smallest absolute Gasteiger partial charge is 0.0575 e. The molecule has 2 nitrogen and oxygen atoms in total. The topological polar surface area (TPSA) is 29.3 Å². The molecular formula is C15H18N2. The van der Waals surface area contributed by atoms with Crippen molar-refractivity contribution in [2.45, 2.75) is 19.8 Å². The van der Waals surface area contributed by atoms with Crippen LogP contribution >= 0.6 is 0 Å². The number of benzene rings is 2. The van der Waals surface area contributed by atoms with E-state index in [1.807, 2.05) is 30.3 Å². The Bertz CT molecular complexity index is 460. The van der Waals surface area contributed by atoms with Gasteiger partial charge in [-0.2, -0.15) is 0 Å². The minimum absolute atomic E-state index is 0.548. The number of hydrazine groups is 1. The summed E-state index contributed by atoms with van der Waals surface area (Å²) < 4.78 is 0. The highest BCUT2D eigenvalue weighted by Gasteiger charge is 2.04. The van der Waals surface area contributed by atoms with Gasteiger partial charge in [-0.1, -0.05) is 44.2 Å². The van der Waals surface area contributed by atoms with E-state index in [9.17, 15) is 0 Å².